The summed E-state index contributed by atoms with van der Waals surface area (Å²) in [6.45, 7) is 0.469. The highest BCUT2D eigenvalue weighted by atomic mass is 35.5. The molecule has 2 amide bonds. The van der Waals surface area contributed by atoms with E-state index < -0.39 is 0 Å². The van der Waals surface area contributed by atoms with Gasteiger partial charge in [-0.25, -0.2) is 4.79 Å². The molecule has 0 heterocycles. The smallest absolute Gasteiger partial charge is 0.317 e. The first-order valence-electron chi connectivity index (χ1n) is 6.28. The lowest BCUT2D eigenvalue weighted by molar-refractivity contribution is 0.223. The van der Waals surface area contributed by atoms with Crippen LogP contribution in [0.15, 0.2) is 48.5 Å². The molecule has 0 saturated carbocycles. The maximum atomic E-state index is 11.6. The Kier molecular flexibility index (Phi) is 5.72. The molecule has 0 aliphatic heterocycles. The molecule has 4 nitrogen and oxygen atoms in total. The minimum absolute atomic E-state index is 0.0158. The van der Waals surface area contributed by atoms with Crippen LogP contribution in [-0.2, 0) is 6.54 Å². The summed E-state index contributed by atoms with van der Waals surface area (Å²) in [6, 6.07) is 14.2. The second kappa shape index (κ2) is 7.76. The summed E-state index contributed by atoms with van der Waals surface area (Å²) in [5.74, 6) is 0.462. The fourth-order valence-electron chi connectivity index (χ4n) is 1.61. The van der Waals surface area contributed by atoms with Crippen LogP contribution in [0.4, 0.5) is 4.79 Å². The number of rotatable bonds is 5. The second-order valence-corrected chi connectivity index (χ2v) is 5.05. The quantitative estimate of drug-likeness (QED) is 0.821. The van der Waals surface area contributed by atoms with Crippen LogP contribution in [0.1, 0.15) is 5.56 Å². The molecule has 0 saturated heterocycles. The van der Waals surface area contributed by atoms with Gasteiger partial charge >= 0.3 is 6.03 Å². The predicted octanol–water partition coefficient (Wildman–Crippen LogP) is 3.83. The molecule has 21 heavy (non-hydrogen) atoms. The Morgan fingerprint density at radius 3 is 2.52 bits per heavy atom. The molecule has 6 heteroatoms. The Bertz CT molecular complexity index is 606. The topological polar surface area (TPSA) is 50.4 Å². The van der Waals surface area contributed by atoms with E-state index in [-0.39, 0.29) is 12.8 Å². The number of amides is 2. The summed E-state index contributed by atoms with van der Waals surface area (Å²) in [5, 5.41) is 6.23. The molecule has 0 fully saturated rings. The van der Waals surface area contributed by atoms with Crippen LogP contribution in [-0.4, -0.2) is 12.8 Å². The number of benzene rings is 2. The number of hydrogen-bond acceptors (Lipinski definition) is 2. The van der Waals surface area contributed by atoms with E-state index in [9.17, 15) is 4.79 Å². The Balaban J connectivity index is 1.72. The molecule has 2 aromatic rings. The van der Waals surface area contributed by atoms with Crippen molar-refractivity contribution in [1.82, 2.24) is 10.6 Å². The molecule has 0 aliphatic rings. The molecule has 2 aromatic carbocycles. The van der Waals surface area contributed by atoms with Gasteiger partial charge in [-0.2, -0.15) is 0 Å². The van der Waals surface area contributed by atoms with Crippen molar-refractivity contribution in [2.24, 2.45) is 0 Å². The molecule has 2 rings (SSSR count). The molecule has 0 aliphatic carbocycles. The lowest BCUT2D eigenvalue weighted by Gasteiger charge is -2.10. The van der Waals surface area contributed by atoms with Gasteiger partial charge in [0.2, 0.25) is 0 Å². The Morgan fingerprint density at radius 2 is 1.81 bits per heavy atom. The number of urea groups is 1. The van der Waals surface area contributed by atoms with Crippen LogP contribution >= 0.6 is 23.2 Å². The van der Waals surface area contributed by atoms with Gasteiger partial charge in [0.05, 0.1) is 5.02 Å². The summed E-state index contributed by atoms with van der Waals surface area (Å²) < 4.78 is 5.35. The van der Waals surface area contributed by atoms with Crippen molar-refractivity contribution >= 4 is 29.2 Å². The van der Waals surface area contributed by atoms with Crippen LogP contribution < -0.4 is 15.4 Å². The zero-order valence-electron chi connectivity index (χ0n) is 11.1. The summed E-state index contributed by atoms with van der Waals surface area (Å²) >= 11 is 11.7. The van der Waals surface area contributed by atoms with Gasteiger partial charge in [-0.15, -0.1) is 0 Å². The third-order valence-corrected chi connectivity index (χ3v) is 3.18. The standard InChI is InChI=1S/C15H14Cl2N2O2/c16-12-6-7-14(13(17)8-12)21-10-19-15(20)18-9-11-4-2-1-3-5-11/h1-8H,9-10H2,(H2,18,19,20). The van der Waals surface area contributed by atoms with Gasteiger partial charge in [0.25, 0.3) is 0 Å². The van der Waals surface area contributed by atoms with E-state index in [0.717, 1.165) is 5.56 Å². The first kappa shape index (κ1) is 15.5. The zero-order chi connectivity index (χ0) is 15.1. The molecule has 0 unspecified atom stereocenters. The highest BCUT2D eigenvalue weighted by Crippen LogP contribution is 2.27. The molecular formula is C15H14Cl2N2O2. The highest BCUT2D eigenvalue weighted by Gasteiger charge is 2.04. The molecule has 110 valence electrons. The van der Waals surface area contributed by atoms with Gasteiger partial charge in [-0.1, -0.05) is 53.5 Å². The summed E-state index contributed by atoms with van der Waals surface area (Å²) in [4.78, 5) is 11.6. The normalized spacial score (nSPS) is 10.0. The number of carbonyl (C=O) groups is 1. The lowest BCUT2D eigenvalue weighted by atomic mass is 10.2. The van der Waals surface area contributed by atoms with Crippen LogP contribution in [0.25, 0.3) is 0 Å². The van der Waals surface area contributed by atoms with Crippen molar-refractivity contribution in [2.45, 2.75) is 6.54 Å². The van der Waals surface area contributed by atoms with E-state index in [1.807, 2.05) is 30.3 Å². The molecule has 0 radical (unpaired) electrons. The number of nitrogens with one attached hydrogen (secondary N) is 2. The average Bonchev–Trinajstić information content (AvgIpc) is 2.48. The van der Waals surface area contributed by atoms with Crippen molar-refractivity contribution in [1.29, 1.82) is 0 Å². The summed E-state index contributed by atoms with van der Waals surface area (Å²) in [6.07, 6.45) is 0. The van der Waals surface area contributed by atoms with Gasteiger partial charge in [0, 0.05) is 11.6 Å². The van der Waals surface area contributed by atoms with Crippen LogP contribution in [0, 0.1) is 0 Å². The minimum Gasteiger partial charge on any atom is -0.472 e. The monoisotopic (exact) mass is 324 g/mol. The van der Waals surface area contributed by atoms with Gasteiger partial charge < -0.3 is 15.4 Å². The van der Waals surface area contributed by atoms with E-state index in [4.69, 9.17) is 27.9 Å². The molecule has 2 N–H and O–H groups in total. The van der Waals surface area contributed by atoms with Gasteiger partial charge in [0.15, 0.2) is 6.73 Å². The molecule has 0 bridgehead atoms. The summed E-state index contributed by atoms with van der Waals surface area (Å²) in [5.41, 5.74) is 1.02. The fraction of sp³-hybridized carbons (Fsp3) is 0.133. The first-order chi connectivity index (χ1) is 10.1. The Hall–Kier alpha value is -1.91. The first-order valence-corrected chi connectivity index (χ1v) is 7.04. The van der Waals surface area contributed by atoms with Gasteiger partial charge in [-0.3, -0.25) is 0 Å². The number of hydrogen-bond donors (Lipinski definition) is 2. The van der Waals surface area contributed by atoms with E-state index in [1.54, 1.807) is 18.2 Å². The SMILES string of the molecule is O=C(NCOc1ccc(Cl)cc1Cl)NCc1ccccc1. The van der Waals surface area contributed by atoms with E-state index in [2.05, 4.69) is 10.6 Å². The Labute approximate surface area is 133 Å². The predicted molar refractivity (Wildman–Crippen MR) is 83.8 cm³/mol. The van der Waals surface area contributed by atoms with Crippen molar-refractivity contribution in [3.8, 4) is 5.75 Å². The van der Waals surface area contributed by atoms with E-state index >= 15 is 0 Å². The van der Waals surface area contributed by atoms with Crippen molar-refractivity contribution in [2.75, 3.05) is 6.73 Å². The van der Waals surface area contributed by atoms with Gasteiger partial charge in [-0.05, 0) is 23.8 Å². The third kappa shape index (κ3) is 5.17. The summed E-state index contributed by atoms with van der Waals surface area (Å²) in [7, 11) is 0. The van der Waals surface area contributed by atoms with Crippen LogP contribution in [0.5, 0.6) is 5.75 Å². The van der Waals surface area contributed by atoms with Crippen LogP contribution in [0.2, 0.25) is 10.0 Å². The van der Waals surface area contributed by atoms with E-state index in [1.165, 1.54) is 0 Å². The van der Waals surface area contributed by atoms with E-state index in [0.29, 0.717) is 22.3 Å². The zero-order valence-corrected chi connectivity index (χ0v) is 12.6. The van der Waals surface area contributed by atoms with Crippen molar-refractivity contribution in [3.63, 3.8) is 0 Å². The third-order valence-electron chi connectivity index (χ3n) is 2.65. The fourth-order valence-corrected chi connectivity index (χ4v) is 2.08. The maximum absolute atomic E-state index is 11.6. The van der Waals surface area contributed by atoms with Gasteiger partial charge in [0.1, 0.15) is 5.75 Å². The molecular weight excluding hydrogens is 311 g/mol. The highest BCUT2D eigenvalue weighted by molar-refractivity contribution is 6.35. The molecule has 0 aromatic heterocycles. The Morgan fingerprint density at radius 1 is 1.05 bits per heavy atom. The number of ether oxygens (including phenoxy) is 1. The maximum Gasteiger partial charge on any atom is 0.317 e. The second-order valence-electron chi connectivity index (χ2n) is 4.21. The minimum atomic E-state index is -0.316. The number of halogens is 2. The van der Waals surface area contributed by atoms with Crippen LogP contribution in [0.3, 0.4) is 0 Å². The van der Waals surface area contributed by atoms with Crippen molar-refractivity contribution < 1.29 is 9.53 Å². The average molecular weight is 325 g/mol. The lowest BCUT2D eigenvalue weighted by Crippen LogP contribution is -2.37. The molecule has 0 spiro atoms. The number of carbonyl (C=O) groups excluding carboxylic acids is 1. The largest absolute Gasteiger partial charge is 0.472 e. The molecule has 0 atom stereocenters. The van der Waals surface area contributed by atoms with Crippen molar-refractivity contribution in [3.05, 3.63) is 64.1 Å².